The molecule has 0 radical (unpaired) electrons. The summed E-state index contributed by atoms with van der Waals surface area (Å²) in [4.78, 5) is 65.8. The van der Waals surface area contributed by atoms with E-state index in [9.17, 15) is 33.1 Å². The highest BCUT2D eigenvalue weighted by atomic mass is 33.1. The van der Waals surface area contributed by atoms with Crippen molar-refractivity contribution in [2.75, 3.05) is 18.6 Å². The number of anilines is 1. The molecule has 3 rings (SSSR count). The number of carbonyl (C=O) groups excluding carboxylic acids is 1. The van der Waals surface area contributed by atoms with Crippen molar-refractivity contribution in [1.82, 2.24) is 9.55 Å². The van der Waals surface area contributed by atoms with Crippen molar-refractivity contribution in [2.24, 2.45) is 0 Å². The molecule has 0 bridgehead atoms. The molecule has 1 aromatic heterocycles. The van der Waals surface area contributed by atoms with E-state index in [1.807, 2.05) is 13.2 Å². The minimum atomic E-state index is -5.76. The summed E-state index contributed by atoms with van der Waals surface area (Å²) in [5, 5.41) is -0.0955. The summed E-state index contributed by atoms with van der Waals surface area (Å²) in [6.07, 6.45) is -0.642. The molecule has 3 unspecified atom stereocenters. The van der Waals surface area contributed by atoms with Gasteiger partial charge in [0.2, 0.25) is 0 Å². The van der Waals surface area contributed by atoms with Gasteiger partial charge in [-0.15, -0.1) is 0 Å². The second-order valence-corrected chi connectivity index (χ2v) is 15.5. The van der Waals surface area contributed by atoms with Crippen molar-refractivity contribution in [3.8, 4) is 0 Å². The molecule has 0 aliphatic carbocycles. The molecule has 1 aromatic carbocycles. The number of hydrogen-bond acceptors (Lipinski definition) is 14. The monoisotopic (exact) mass is 677 g/mol. The van der Waals surface area contributed by atoms with Crippen LogP contribution in [0.3, 0.4) is 0 Å². The summed E-state index contributed by atoms with van der Waals surface area (Å²) >= 11 is 0. The van der Waals surface area contributed by atoms with Gasteiger partial charge in [-0.1, -0.05) is 39.8 Å². The van der Waals surface area contributed by atoms with E-state index in [-0.39, 0.29) is 23.1 Å². The Morgan fingerprint density at radius 2 is 1.85 bits per heavy atom. The first-order chi connectivity index (χ1) is 19.0. The van der Waals surface area contributed by atoms with Crippen LogP contribution in [-0.4, -0.2) is 60.2 Å². The minimum Gasteiger partial charge on any atom is -0.456 e. The van der Waals surface area contributed by atoms with Crippen molar-refractivity contribution in [3.05, 3.63) is 58.1 Å². The fraction of sp³-hybridized carbons (Fsp3) is 0.421. The highest BCUT2D eigenvalue weighted by Gasteiger charge is 2.44. The summed E-state index contributed by atoms with van der Waals surface area (Å²) < 4.78 is 59.3. The number of nitrogens with two attached hydrogens (primary N) is 1. The second kappa shape index (κ2) is 13.8. The quantitative estimate of drug-likeness (QED) is 0.116. The molecule has 228 valence electrons. The Morgan fingerprint density at radius 1 is 1.17 bits per heavy atom. The molecule has 41 heavy (non-hydrogen) atoms. The van der Waals surface area contributed by atoms with E-state index in [4.69, 9.17) is 25.0 Å². The lowest BCUT2D eigenvalue weighted by Crippen LogP contribution is -2.31. The number of nitrogens with zero attached hydrogens (tertiary/aromatic N) is 2. The summed E-state index contributed by atoms with van der Waals surface area (Å²) in [6.45, 7) is 0.990. The maximum atomic E-state index is 13.2. The van der Waals surface area contributed by atoms with E-state index >= 15 is 0 Å². The molecule has 1 aliphatic rings. The van der Waals surface area contributed by atoms with Gasteiger partial charge < -0.3 is 34.8 Å². The number of aromatic nitrogens is 2. The second-order valence-electron chi connectivity index (χ2n) is 8.23. The lowest BCUT2D eigenvalue weighted by Gasteiger charge is -2.22. The SMILES string of the molecule is CSSC(C)c1ccccc1C(=O)O[C@@H]1C[C@H](n2ccc(N)nc2=O)O[C@@H]1COP(=O)(O)OP(=O)(O)OP(=O)(O)O. The Bertz CT molecular complexity index is 1460. The minimum absolute atomic E-state index is 0.0646. The van der Waals surface area contributed by atoms with Gasteiger partial charge in [-0.25, -0.2) is 23.3 Å². The van der Waals surface area contributed by atoms with Crippen LogP contribution in [0, 0.1) is 0 Å². The van der Waals surface area contributed by atoms with Crippen LogP contribution in [0.15, 0.2) is 41.3 Å². The van der Waals surface area contributed by atoms with Crippen LogP contribution in [0.25, 0.3) is 0 Å². The first kappa shape index (κ1) is 33.9. The number of nitrogen functional groups attached to an aromatic ring is 1. The molecule has 0 amide bonds. The average Bonchev–Trinajstić information content (AvgIpc) is 3.22. The molecular weight excluding hydrogens is 651 g/mol. The van der Waals surface area contributed by atoms with Gasteiger partial charge in [-0.2, -0.15) is 13.6 Å². The predicted molar refractivity (Wildman–Crippen MR) is 146 cm³/mol. The maximum Gasteiger partial charge on any atom is 0.490 e. The zero-order chi connectivity index (χ0) is 30.6. The number of benzene rings is 1. The number of phosphoric acid groups is 3. The molecular formula is C19H26N3O14P3S2. The van der Waals surface area contributed by atoms with Crippen LogP contribution in [0.2, 0.25) is 0 Å². The van der Waals surface area contributed by atoms with E-state index in [2.05, 4.69) is 18.1 Å². The number of ether oxygens (including phenoxy) is 2. The van der Waals surface area contributed by atoms with Crippen LogP contribution in [0.1, 0.15) is 40.7 Å². The van der Waals surface area contributed by atoms with Gasteiger partial charge in [-0.3, -0.25) is 9.09 Å². The zero-order valence-electron chi connectivity index (χ0n) is 21.2. The van der Waals surface area contributed by atoms with Gasteiger partial charge in [-0.05, 0) is 30.9 Å². The van der Waals surface area contributed by atoms with Crippen molar-refractivity contribution >= 4 is 56.8 Å². The Morgan fingerprint density at radius 3 is 2.49 bits per heavy atom. The third-order valence-corrected chi connectivity index (χ3v) is 11.3. The molecule has 6 N–H and O–H groups in total. The Balaban J connectivity index is 1.83. The average molecular weight is 677 g/mol. The van der Waals surface area contributed by atoms with Gasteiger partial charge in [0, 0.05) is 17.9 Å². The van der Waals surface area contributed by atoms with Crippen LogP contribution in [0.4, 0.5) is 5.82 Å². The summed E-state index contributed by atoms with van der Waals surface area (Å²) in [5.41, 5.74) is 5.63. The lowest BCUT2D eigenvalue weighted by molar-refractivity contribution is -0.0511. The fourth-order valence-corrected chi connectivity index (χ4v) is 8.50. The van der Waals surface area contributed by atoms with E-state index < -0.39 is 60.2 Å². The standard InChI is InChI=1S/C19H26N3O14P3S2/c1-11(41-40-2)12-5-3-4-6-13(12)18(23)34-14-9-17(22-8-7-16(20)21-19(22)24)33-15(14)10-32-38(28,29)36-39(30,31)35-37(25,26)27/h3-8,11,14-15,17H,9-10H2,1-2H3,(H,28,29)(H,30,31)(H2,20,21,24)(H2,25,26,27)/t11?,14-,15-,17-/m1/s1. The smallest absolute Gasteiger partial charge is 0.456 e. The van der Waals surface area contributed by atoms with Gasteiger partial charge in [0.15, 0.2) is 0 Å². The lowest BCUT2D eigenvalue weighted by atomic mass is 10.0. The first-order valence-corrected chi connectivity index (χ1v) is 18.4. The van der Waals surface area contributed by atoms with E-state index in [1.165, 1.54) is 33.9 Å². The molecule has 1 aliphatic heterocycles. The van der Waals surface area contributed by atoms with Crippen LogP contribution >= 0.6 is 45.1 Å². The molecule has 0 spiro atoms. The van der Waals surface area contributed by atoms with Crippen molar-refractivity contribution in [3.63, 3.8) is 0 Å². The Kier molecular flexibility index (Phi) is 11.4. The molecule has 1 saturated heterocycles. The van der Waals surface area contributed by atoms with E-state index in [0.29, 0.717) is 5.56 Å². The number of esters is 1. The normalized spacial score (nSPS) is 22.9. The summed E-state index contributed by atoms with van der Waals surface area (Å²) in [7, 11) is -13.9. The molecule has 6 atom stereocenters. The number of carbonyl (C=O) groups is 1. The fourth-order valence-electron chi connectivity index (χ4n) is 3.70. The van der Waals surface area contributed by atoms with E-state index in [1.54, 1.807) is 24.3 Å². The maximum absolute atomic E-state index is 13.2. The van der Waals surface area contributed by atoms with Crippen molar-refractivity contribution < 1.29 is 60.7 Å². The summed E-state index contributed by atoms with van der Waals surface area (Å²) in [6, 6.07) is 8.01. The number of phosphoric ester groups is 1. The van der Waals surface area contributed by atoms with Gasteiger partial charge in [0.25, 0.3) is 0 Å². The third-order valence-electron chi connectivity index (χ3n) is 5.28. The van der Waals surface area contributed by atoms with E-state index in [0.717, 1.165) is 4.57 Å². The topological polar surface area (TPSA) is 256 Å². The van der Waals surface area contributed by atoms with Crippen molar-refractivity contribution in [2.45, 2.75) is 37.0 Å². The predicted octanol–water partition coefficient (Wildman–Crippen LogP) is 2.75. The highest BCUT2D eigenvalue weighted by Crippen LogP contribution is 2.66. The molecule has 17 nitrogen and oxygen atoms in total. The molecule has 1 fully saturated rings. The molecule has 2 heterocycles. The van der Waals surface area contributed by atoms with Gasteiger partial charge in [0.05, 0.1) is 12.2 Å². The van der Waals surface area contributed by atoms with Crippen LogP contribution in [0.5, 0.6) is 0 Å². The third kappa shape index (κ3) is 10.0. The Hall–Kier alpha value is -1.56. The number of rotatable bonds is 13. The summed E-state index contributed by atoms with van der Waals surface area (Å²) in [5.74, 6) is -0.834. The van der Waals surface area contributed by atoms with Crippen LogP contribution in [-0.2, 0) is 36.3 Å². The highest BCUT2D eigenvalue weighted by molar-refractivity contribution is 8.76. The number of hydrogen-bond donors (Lipinski definition) is 5. The largest absolute Gasteiger partial charge is 0.490 e. The van der Waals surface area contributed by atoms with Crippen LogP contribution < -0.4 is 11.4 Å². The molecule has 22 heteroatoms. The zero-order valence-corrected chi connectivity index (χ0v) is 25.5. The Labute approximate surface area is 240 Å². The van der Waals surface area contributed by atoms with Crippen molar-refractivity contribution in [1.29, 1.82) is 0 Å². The first-order valence-electron chi connectivity index (χ1n) is 11.3. The molecule has 2 aromatic rings. The van der Waals surface area contributed by atoms with Gasteiger partial charge in [0.1, 0.15) is 24.3 Å². The van der Waals surface area contributed by atoms with Gasteiger partial charge >= 0.3 is 35.1 Å². The molecule has 0 saturated carbocycles.